The third-order valence-corrected chi connectivity index (χ3v) is 4.18. The molecule has 0 saturated heterocycles. The molecule has 26 heavy (non-hydrogen) atoms. The molecule has 138 valence electrons. The van der Waals surface area contributed by atoms with Gasteiger partial charge in [0.2, 0.25) is 11.8 Å². The molecule has 0 saturated carbocycles. The summed E-state index contributed by atoms with van der Waals surface area (Å²) in [5.41, 5.74) is 2.88. The zero-order valence-corrected chi connectivity index (χ0v) is 16.0. The summed E-state index contributed by atoms with van der Waals surface area (Å²) in [7, 11) is 0. The van der Waals surface area contributed by atoms with Crippen molar-refractivity contribution in [3.05, 3.63) is 59.9 Å². The number of nitrogens with zero attached hydrogens (tertiary/aromatic N) is 2. The molecule has 1 aromatic carbocycles. The molecular weight excluding hydrogens is 326 g/mol. The fraction of sp³-hybridized carbons (Fsp3) is 0.381. The lowest BCUT2D eigenvalue weighted by atomic mass is 9.87. The smallest absolute Gasteiger partial charge is 0.223 e. The van der Waals surface area contributed by atoms with Gasteiger partial charge in [0, 0.05) is 31.8 Å². The number of carbonyl (C=O) groups is 2. The number of pyridine rings is 1. The maximum absolute atomic E-state index is 12.1. The van der Waals surface area contributed by atoms with Crippen LogP contribution >= 0.6 is 0 Å². The fourth-order valence-corrected chi connectivity index (χ4v) is 2.60. The van der Waals surface area contributed by atoms with Crippen LogP contribution in [0.4, 0.5) is 5.69 Å². The molecule has 1 N–H and O–H groups in total. The van der Waals surface area contributed by atoms with Crippen LogP contribution in [-0.2, 0) is 21.5 Å². The monoisotopic (exact) mass is 353 g/mol. The molecule has 1 aromatic heterocycles. The molecule has 0 spiro atoms. The minimum atomic E-state index is -0.104. The van der Waals surface area contributed by atoms with E-state index in [2.05, 4.69) is 31.1 Å². The van der Waals surface area contributed by atoms with Gasteiger partial charge in [-0.05, 0) is 35.2 Å². The Labute approximate surface area is 155 Å². The van der Waals surface area contributed by atoms with Crippen molar-refractivity contribution >= 4 is 17.5 Å². The van der Waals surface area contributed by atoms with E-state index >= 15 is 0 Å². The minimum Gasteiger partial charge on any atom is -0.350 e. The van der Waals surface area contributed by atoms with Gasteiger partial charge in [0.1, 0.15) is 0 Å². The average Bonchev–Trinajstić information content (AvgIpc) is 2.60. The minimum absolute atomic E-state index is 0.0605. The van der Waals surface area contributed by atoms with Gasteiger partial charge in [-0.15, -0.1) is 0 Å². The first kappa shape index (κ1) is 19.6. The summed E-state index contributed by atoms with van der Waals surface area (Å²) in [6.07, 6.45) is 1.94. The molecule has 1 heterocycles. The number of hydrogen-bond acceptors (Lipinski definition) is 3. The third-order valence-electron chi connectivity index (χ3n) is 4.18. The van der Waals surface area contributed by atoms with E-state index in [1.165, 1.54) is 12.5 Å². The Balaban J connectivity index is 1.93. The highest BCUT2D eigenvalue weighted by Crippen LogP contribution is 2.25. The molecule has 0 unspecified atom stereocenters. The van der Waals surface area contributed by atoms with Crippen molar-refractivity contribution in [3.8, 4) is 0 Å². The number of benzene rings is 1. The first-order chi connectivity index (χ1) is 12.3. The molecule has 0 aliphatic rings. The Kier molecular flexibility index (Phi) is 6.50. The van der Waals surface area contributed by atoms with E-state index in [1.807, 2.05) is 42.5 Å². The van der Waals surface area contributed by atoms with Crippen molar-refractivity contribution in [2.24, 2.45) is 0 Å². The van der Waals surface area contributed by atoms with E-state index < -0.39 is 0 Å². The lowest BCUT2D eigenvalue weighted by Crippen LogP contribution is -2.33. The van der Waals surface area contributed by atoms with Crippen LogP contribution < -0.4 is 10.2 Å². The van der Waals surface area contributed by atoms with Crippen molar-refractivity contribution in [1.29, 1.82) is 0 Å². The third kappa shape index (κ3) is 5.69. The van der Waals surface area contributed by atoms with E-state index in [0.717, 1.165) is 11.4 Å². The number of nitrogens with one attached hydrogen (secondary N) is 1. The van der Waals surface area contributed by atoms with E-state index in [1.54, 1.807) is 11.1 Å². The predicted octanol–water partition coefficient (Wildman–Crippen LogP) is 3.44. The van der Waals surface area contributed by atoms with Crippen molar-refractivity contribution in [3.63, 3.8) is 0 Å². The Morgan fingerprint density at radius 3 is 2.31 bits per heavy atom. The van der Waals surface area contributed by atoms with Crippen molar-refractivity contribution in [2.75, 3.05) is 11.4 Å². The highest BCUT2D eigenvalue weighted by molar-refractivity contribution is 5.92. The largest absolute Gasteiger partial charge is 0.350 e. The van der Waals surface area contributed by atoms with E-state index in [9.17, 15) is 9.59 Å². The van der Waals surface area contributed by atoms with Crippen LogP contribution in [0.5, 0.6) is 0 Å². The predicted molar refractivity (Wildman–Crippen MR) is 104 cm³/mol. The van der Waals surface area contributed by atoms with Crippen LogP contribution in [0.15, 0.2) is 48.7 Å². The summed E-state index contributed by atoms with van der Waals surface area (Å²) >= 11 is 0. The lowest BCUT2D eigenvalue weighted by Gasteiger charge is -2.23. The number of carbonyl (C=O) groups excluding carboxylic acids is 2. The normalized spacial score (nSPS) is 11.1. The van der Waals surface area contributed by atoms with Gasteiger partial charge in [0.05, 0.1) is 12.2 Å². The summed E-state index contributed by atoms with van der Waals surface area (Å²) in [4.78, 5) is 29.9. The molecule has 5 nitrogen and oxygen atoms in total. The average molecular weight is 353 g/mol. The van der Waals surface area contributed by atoms with Crippen LogP contribution in [0.3, 0.4) is 0 Å². The van der Waals surface area contributed by atoms with Gasteiger partial charge in [0.25, 0.3) is 0 Å². The van der Waals surface area contributed by atoms with Crippen LogP contribution in [0.2, 0.25) is 0 Å². The van der Waals surface area contributed by atoms with Gasteiger partial charge in [-0.1, -0.05) is 39.0 Å². The topological polar surface area (TPSA) is 62.3 Å². The van der Waals surface area contributed by atoms with Crippen LogP contribution in [0.25, 0.3) is 0 Å². The zero-order chi connectivity index (χ0) is 19.2. The Morgan fingerprint density at radius 1 is 1.08 bits per heavy atom. The summed E-state index contributed by atoms with van der Waals surface area (Å²) in [5.74, 6) is -0.181. The molecule has 0 bridgehead atoms. The van der Waals surface area contributed by atoms with Gasteiger partial charge in [-0.25, -0.2) is 0 Å². The molecular formula is C21H27N3O2. The highest BCUT2D eigenvalue weighted by Gasteiger charge is 2.16. The van der Waals surface area contributed by atoms with Gasteiger partial charge in [-0.3, -0.25) is 14.6 Å². The molecule has 0 aliphatic carbocycles. The summed E-state index contributed by atoms with van der Waals surface area (Å²) in [6, 6.07) is 13.5. The molecule has 0 aliphatic heterocycles. The number of hydrogen-bond donors (Lipinski definition) is 1. The van der Waals surface area contributed by atoms with Crippen molar-refractivity contribution < 1.29 is 9.59 Å². The molecule has 2 aromatic rings. The molecule has 0 radical (unpaired) electrons. The number of aromatic nitrogens is 1. The second-order valence-corrected chi connectivity index (χ2v) is 7.32. The van der Waals surface area contributed by atoms with Gasteiger partial charge >= 0.3 is 0 Å². The Morgan fingerprint density at radius 2 is 1.77 bits per heavy atom. The Hall–Kier alpha value is -2.69. The van der Waals surface area contributed by atoms with Crippen LogP contribution in [0.1, 0.15) is 45.4 Å². The highest BCUT2D eigenvalue weighted by atomic mass is 16.2. The van der Waals surface area contributed by atoms with Crippen molar-refractivity contribution in [1.82, 2.24) is 10.3 Å². The molecule has 5 heteroatoms. The SMILES string of the molecule is CC(=O)N(CCC(=O)NCc1ccccn1)c1ccc(C(C)(C)C)cc1. The van der Waals surface area contributed by atoms with Crippen LogP contribution in [-0.4, -0.2) is 23.3 Å². The van der Waals surface area contributed by atoms with Crippen molar-refractivity contribution in [2.45, 2.75) is 46.1 Å². The van der Waals surface area contributed by atoms with E-state index in [-0.39, 0.29) is 23.7 Å². The second-order valence-electron chi connectivity index (χ2n) is 7.32. The molecule has 2 rings (SSSR count). The van der Waals surface area contributed by atoms with Crippen LogP contribution in [0, 0.1) is 0 Å². The number of rotatable bonds is 6. The maximum atomic E-state index is 12.1. The van der Waals surface area contributed by atoms with Gasteiger partial charge < -0.3 is 10.2 Å². The quantitative estimate of drug-likeness (QED) is 0.865. The molecule has 2 amide bonds. The fourth-order valence-electron chi connectivity index (χ4n) is 2.60. The first-order valence-corrected chi connectivity index (χ1v) is 8.82. The summed E-state index contributed by atoms with van der Waals surface area (Å²) in [6.45, 7) is 8.70. The van der Waals surface area contributed by atoms with E-state index in [4.69, 9.17) is 0 Å². The molecule has 0 fully saturated rings. The van der Waals surface area contributed by atoms with E-state index in [0.29, 0.717) is 13.1 Å². The van der Waals surface area contributed by atoms with Gasteiger partial charge in [0.15, 0.2) is 0 Å². The summed E-state index contributed by atoms with van der Waals surface area (Å²) < 4.78 is 0. The standard InChI is InChI=1S/C21H27N3O2/c1-16(25)24(19-10-8-17(9-11-19)21(2,3)4)14-12-20(26)23-15-18-7-5-6-13-22-18/h5-11,13H,12,14-15H2,1-4H3,(H,23,26). The number of anilines is 1. The lowest BCUT2D eigenvalue weighted by molar-refractivity contribution is -0.121. The summed E-state index contributed by atoms with van der Waals surface area (Å²) in [5, 5.41) is 2.83. The zero-order valence-electron chi connectivity index (χ0n) is 16.0. The number of amides is 2. The first-order valence-electron chi connectivity index (χ1n) is 8.82. The second kappa shape index (κ2) is 8.61. The molecule has 0 atom stereocenters. The Bertz CT molecular complexity index is 734. The maximum Gasteiger partial charge on any atom is 0.223 e. The van der Waals surface area contributed by atoms with Gasteiger partial charge in [-0.2, -0.15) is 0 Å².